The van der Waals surface area contributed by atoms with Gasteiger partial charge in [-0.2, -0.15) is 10.1 Å². The highest BCUT2D eigenvalue weighted by molar-refractivity contribution is 8.00. The van der Waals surface area contributed by atoms with Crippen LogP contribution >= 0.6 is 11.8 Å². The van der Waals surface area contributed by atoms with Gasteiger partial charge in [-0.1, -0.05) is 23.9 Å². The van der Waals surface area contributed by atoms with Crippen molar-refractivity contribution in [3.05, 3.63) is 24.3 Å². The molecule has 1 atom stereocenters. The van der Waals surface area contributed by atoms with Crippen LogP contribution in [-0.2, 0) is 0 Å². The van der Waals surface area contributed by atoms with E-state index in [0.717, 1.165) is 10.6 Å². The topological polar surface area (TPSA) is 61.9 Å². The van der Waals surface area contributed by atoms with E-state index >= 15 is 0 Å². The minimum atomic E-state index is -0.529. The van der Waals surface area contributed by atoms with E-state index in [0.29, 0.717) is 0 Å². The van der Waals surface area contributed by atoms with Crippen LogP contribution in [0.15, 0.2) is 34.3 Å². The zero-order valence-corrected chi connectivity index (χ0v) is 8.52. The zero-order chi connectivity index (χ0) is 10.4. The normalized spacial score (nSPS) is 21.7. The standard InChI is InChI=1S/C9H8N4OS/c10-8(14)13-9-12(5-11-13)6-3-1-2-4-7(6)15-9/h1-5,9H,(H2,10,14). The highest BCUT2D eigenvalue weighted by Crippen LogP contribution is 2.45. The largest absolute Gasteiger partial charge is 0.350 e. The Kier molecular flexibility index (Phi) is 1.66. The molecule has 0 bridgehead atoms. The second-order valence-electron chi connectivity index (χ2n) is 3.23. The molecule has 1 aromatic carbocycles. The monoisotopic (exact) mass is 220 g/mol. The van der Waals surface area contributed by atoms with Gasteiger partial charge in [-0.3, -0.25) is 4.90 Å². The van der Waals surface area contributed by atoms with E-state index in [-0.39, 0.29) is 5.50 Å². The molecule has 2 N–H and O–H groups in total. The van der Waals surface area contributed by atoms with Crippen molar-refractivity contribution >= 4 is 29.8 Å². The minimum absolute atomic E-state index is 0.153. The Morgan fingerprint density at radius 2 is 2.27 bits per heavy atom. The Balaban J connectivity index is 2.01. The maximum atomic E-state index is 11.1. The molecule has 0 aliphatic carbocycles. The van der Waals surface area contributed by atoms with Crippen molar-refractivity contribution in [1.82, 2.24) is 5.01 Å². The van der Waals surface area contributed by atoms with Crippen molar-refractivity contribution in [3.8, 4) is 0 Å². The van der Waals surface area contributed by atoms with Crippen LogP contribution in [0.25, 0.3) is 0 Å². The second kappa shape index (κ2) is 2.90. The number of primary amides is 1. The van der Waals surface area contributed by atoms with Gasteiger partial charge in [-0.15, -0.1) is 0 Å². The van der Waals surface area contributed by atoms with Crippen LogP contribution in [0.1, 0.15) is 0 Å². The van der Waals surface area contributed by atoms with Crippen molar-refractivity contribution in [2.45, 2.75) is 10.4 Å². The first kappa shape index (κ1) is 8.60. The molecular formula is C9H8N4OS. The van der Waals surface area contributed by atoms with E-state index in [1.54, 1.807) is 18.1 Å². The molecule has 2 heterocycles. The van der Waals surface area contributed by atoms with Gasteiger partial charge in [0.2, 0.25) is 0 Å². The average molecular weight is 220 g/mol. The van der Waals surface area contributed by atoms with Gasteiger partial charge in [0.05, 0.1) is 5.69 Å². The van der Waals surface area contributed by atoms with Gasteiger partial charge in [0, 0.05) is 4.90 Å². The number of fused-ring (bicyclic) bond motifs is 3. The van der Waals surface area contributed by atoms with E-state index in [9.17, 15) is 4.79 Å². The summed E-state index contributed by atoms with van der Waals surface area (Å²) in [6, 6.07) is 7.42. The van der Waals surface area contributed by atoms with Crippen LogP contribution in [0.3, 0.4) is 0 Å². The number of nitrogens with zero attached hydrogens (tertiary/aromatic N) is 3. The molecule has 2 amide bonds. The number of nitrogens with two attached hydrogens (primary N) is 1. The van der Waals surface area contributed by atoms with Crippen LogP contribution in [0.5, 0.6) is 0 Å². The number of hydrazone groups is 1. The second-order valence-corrected chi connectivity index (χ2v) is 4.33. The van der Waals surface area contributed by atoms with E-state index < -0.39 is 6.03 Å². The van der Waals surface area contributed by atoms with E-state index in [1.807, 2.05) is 29.2 Å². The fourth-order valence-corrected chi connectivity index (χ4v) is 2.90. The number of urea groups is 1. The SMILES string of the molecule is NC(=O)N1N=CN2c3ccccc3SC12. The number of hydrogen-bond acceptors (Lipinski definition) is 4. The summed E-state index contributed by atoms with van der Waals surface area (Å²) in [5.74, 6) is 0. The fraction of sp³-hybridized carbons (Fsp3) is 0.111. The van der Waals surface area contributed by atoms with Crippen molar-refractivity contribution in [3.63, 3.8) is 0 Å². The van der Waals surface area contributed by atoms with E-state index in [2.05, 4.69) is 5.10 Å². The maximum Gasteiger partial charge on any atom is 0.338 e. The highest BCUT2D eigenvalue weighted by atomic mass is 32.2. The minimum Gasteiger partial charge on any atom is -0.350 e. The number of para-hydroxylation sites is 1. The molecule has 6 heteroatoms. The summed E-state index contributed by atoms with van der Waals surface area (Å²) < 4.78 is 0. The number of thioether (sulfide) groups is 1. The molecule has 15 heavy (non-hydrogen) atoms. The van der Waals surface area contributed by atoms with Crippen LogP contribution in [0.4, 0.5) is 10.5 Å². The maximum absolute atomic E-state index is 11.1. The highest BCUT2D eigenvalue weighted by Gasteiger charge is 2.39. The van der Waals surface area contributed by atoms with Crippen molar-refractivity contribution in [2.75, 3.05) is 4.90 Å². The van der Waals surface area contributed by atoms with Crippen molar-refractivity contribution in [1.29, 1.82) is 0 Å². The van der Waals surface area contributed by atoms with Crippen LogP contribution in [0.2, 0.25) is 0 Å². The van der Waals surface area contributed by atoms with Crippen LogP contribution in [0, 0.1) is 0 Å². The zero-order valence-electron chi connectivity index (χ0n) is 7.70. The molecule has 0 radical (unpaired) electrons. The Bertz CT molecular complexity index is 461. The van der Waals surface area contributed by atoms with Crippen molar-refractivity contribution in [2.24, 2.45) is 10.8 Å². The van der Waals surface area contributed by atoms with Crippen LogP contribution < -0.4 is 10.6 Å². The first-order valence-electron chi connectivity index (χ1n) is 4.44. The summed E-state index contributed by atoms with van der Waals surface area (Å²) in [5.41, 5.74) is 6.14. The third kappa shape index (κ3) is 1.11. The quantitative estimate of drug-likeness (QED) is 0.715. The number of anilines is 1. The number of carbonyl (C=O) groups is 1. The molecule has 2 aliphatic rings. The molecule has 0 aromatic heterocycles. The number of hydrogen-bond donors (Lipinski definition) is 1. The summed E-state index contributed by atoms with van der Waals surface area (Å²) in [4.78, 5) is 14.2. The van der Waals surface area contributed by atoms with Crippen molar-refractivity contribution < 1.29 is 4.79 Å². The van der Waals surface area contributed by atoms with Gasteiger partial charge in [-0.25, -0.2) is 4.79 Å². The third-order valence-electron chi connectivity index (χ3n) is 2.35. The lowest BCUT2D eigenvalue weighted by molar-refractivity contribution is 0.211. The van der Waals surface area contributed by atoms with Gasteiger partial charge in [0.15, 0.2) is 5.50 Å². The van der Waals surface area contributed by atoms with E-state index in [1.165, 1.54) is 5.01 Å². The number of rotatable bonds is 0. The van der Waals surface area contributed by atoms with Gasteiger partial charge >= 0.3 is 6.03 Å². The molecular weight excluding hydrogens is 212 g/mol. The first-order chi connectivity index (χ1) is 7.27. The Labute approximate surface area is 90.5 Å². The molecule has 3 rings (SSSR count). The number of carbonyl (C=O) groups excluding carboxylic acids is 1. The summed E-state index contributed by atoms with van der Waals surface area (Å²) >= 11 is 1.57. The van der Waals surface area contributed by atoms with Crippen LogP contribution in [-0.4, -0.2) is 22.9 Å². The molecule has 2 aliphatic heterocycles. The molecule has 0 saturated heterocycles. The molecule has 1 unspecified atom stereocenters. The lowest BCUT2D eigenvalue weighted by atomic mass is 10.3. The Morgan fingerprint density at radius 1 is 1.47 bits per heavy atom. The Hall–Kier alpha value is -1.69. The number of benzene rings is 1. The first-order valence-corrected chi connectivity index (χ1v) is 5.32. The molecule has 1 aromatic rings. The third-order valence-corrected chi connectivity index (χ3v) is 3.59. The summed E-state index contributed by atoms with van der Waals surface area (Å²) in [6.45, 7) is 0. The Morgan fingerprint density at radius 3 is 3.07 bits per heavy atom. The average Bonchev–Trinajstić information content (AvgIpc) is 2.74. The summed E-state index contributed by atoms with van der Waals surface area (Å²) in [5, 5.41) is 5.24. The molecule has 0 spiro atoms. The lowest BCUT2D eigenvalue weighted by Crippen LogP contribution is -2.40. The van der Waals surface area contributed by atoms with Gasteiger partial charge < -0.3 is 5.73 Å². The molecule has 5 nitrogen and oxygen atoms in total. The summed E-state index contributed by atoms with van der Waals surface area (Å²) in [6.07, 6.45) is 1.63. The predicted octanol–water partition coefficient (Wildman–Crippen LogP) is 1.22. The van der Waals surface area contributed by atoms with Gasteiger partial charge in [0.25, 0.3) is 0 Å². The van der Waals surface area contributed by atoms with Gasteiger partial charge in [0.1, 0.15) is 6.34 Å². The fourth-order valence-electron chi connectivity index (χ4n) is 1.68. The summed E-state index contributed by atoms with van der Waals surface area (Å²) in [7, 11) is 0. The number of amides is 2. The molecule has 0 fully saturated rings. The van der Waals surface area contributed by atoms with E-state index in [4.69, 9.17) is 5.73 Å². The molecule has 76 valence electrons. The van der Waals surface area contributed by atoms with Gasteiger partial charge in [-0.05, 0) is 12.1 Å². The smallest absolute Gasteiger partial charge is 0.338 e. The molecule has 0 saturated carbocycles. The predicted molar refractivity (Wildman–Crippen MR) is 58.5 cm³/mol. The lowest BCUT2D eigenvalue weighted by Gasteiger charge is -2.19.